The van der Waals surface area contributed by atoms with Crippen molar-refractivity contribution < 1.29 is 27.1 Å². The molecule has 1 unspecified atom stereocenters. The zero-order chi connectivity index (χ0) is 26.1. The minimum Gasteiger partial charge on any atom is -0.444 e. The third-order valence-corrected chi connectivity index (χ3v) is 6.84. The van der Waals surface area contributed by atoms with Gasteiger partial charge in [0.2, 0.25) is 0 Å². The number of carbonyl (C=O) groups excluding carboxylic acids is 2. The molecule has 1 aliphatic rings. The van der Waals surface area contributed by atoms with Crippen molar-refractivity contribution in [2.45, 2.75) is 58.2 Å². The smallest absolute Gasteiger partial charge is 0.410 e. The van der Waals surface area contributed by atoms with Crippen molar-refractivity contribution in [2.75, 3.05) is 18.6 Å². The zero-order valence-electron chi connectivity index (χ0n) is 20.2. The molecule has 0 saturated carbocycles. The molecule has 1 aliphatic heterocycles. The SMILES string of the molecule is CC(C)(C)OC(=O)N1Cc2c(C(N)=O)c(-c3ccc(F)c(Cl)c3)nn2C(CCCCS(C)(=O)=O)C1. The molecule has 1 atom stereocenters. The molecule has 0 radical (unpaired) electrons. The first-order valence-electron chi connectivity index (χ1n) is 11.2. The summed E-state index contributed by atoms with van der Waals surface area (Å²) in [6.45, 7) is 5.56. The van der Waals surface area contributed by atoms with Gasteiger partial charge in [0.25, 0.3) is 5.91 Å². The summed E-state index contributed by atoms with van der Waals surface area (Å²) in [6.07, 6.45) is 2.14. The minimum absolute atomic E-state index is 0.0367. The number of aromatic nitrogens is 2. The Hall–Kier alpha value is -2.66. The van der Waals surface area contributed by atoms with Crippen LogP contribution < -0.4 is 5.73 Å². The van der Waals surface area contributed by atoms with Crippen molar-refractivity contribution in [3.63, 3.8) is 0 Å². The standard InChI is InChI=1S/C23H30ClFN4O5S/c1-23(2,3)34-22(31)28-12-15(7-5-6-10-35(4,32)33)29-18(13-28)19(21(26)30)20(27-29)14-8-9-17(25)16(24)11-14/h8-9,11,15H,5-7,10,12-13H2,1-4H3,(H2,26,30). The van der Waals surface area contributed by atoms with Gasteiger partial charge in [0, 0.05) is 24.1 Å². The van der Waals surface area contributed by atoms with E-state index in [1.807, 2.05) is 0 Å². The van der Waals surface area contributed by atoms with Crippen LogP contribution in [0.25, 0.3) is 11.3 Å². The molecular weight excluding hydrogens is 499 g/mol. The van der Waals surface area contributed by atoms with Crippen LogP contribution in [0.5, 0.6) is 0 Å². The first kappa shape index (κ1) is 26.9. The molecule has 0 fully saturated rings. The Labute approximate surface area is 209 Å². The van der Waals surface area contributed by atoms with Gasteiger partial charge in [-0.1, -0.05) is 18.0 Å². The first-order chi connectivity index (χ1) is 16.2. The number of benzene rings is 1. The average Bonchev–Trinajstić information content (AvgIpc) is 3.11. The first-order valence-corrected chi connectivity index (χ1v) is 13.6. The van der Waals surface area contributed by atoms with Crippen LogP contribution >= 0.6 is 11.6 Å². The normalized spacial score (nSPS) is 16.2. The molecule has 0 bridgehead atoms. The second kappa shape index (κ2) is 10.1. The lowest BCUT2D eigenvalue weighted by Crippen LogP contribution is -2.44. The molecule has 1 aromatic carbocycles. The highest BCUT2D eigenvalue weighted by Crippen LogP contribution is 2.35. The molecule has 2 heterocycles. The van der Waals surface area contributed by atoms with Gasteiger partial charge in [-0.05, 0) is 51.8 Å². The quantitative estimate of drug-likeness (QED) is 0.542. The molecule has 2 N–H and O–H groups in total. The number of ether oxygens (including phenoxy) is 1. The Bertz CT molecular complexity index is 1240. The number of nitrogens with two attached hydrogens (primary N) is 1. The van der Waals surface area contributed by atoms with Crippen LogP contribution in [0.2, 0.25) is 5.02 Å². The topological polar surface area (TPSA) is 125 Å². The van der Waals surface area contributed by atoms with Crippen molar-refractivity contribution >= 4 is 33.4 Å². The van der Waals surface area contributed by atoms with Gasteiger partial charge in [-0.25, -0.2) is 17.6 Å². The number of rotatable bonds is 7. The lowest BCUT2D eigenvalue weighted by molar-refractivity contribution is 0.0153. The van der Waals surface area contributed by atoms with Crippen LogP contribution in [-0.4, -0.2) is 59.3 Å². The van der Waals surface area contributed by atoms with Crippen LogP contribution in [0.4, 0.5) is 9.18 Å². The highest BCUT2D eigenvalue weighted by molar-refractivity contribution is 7.90. The average molecular weight is 529 g/mol. The number of hydrogen-bond donors (Lipinski definition) is 1. The highest BCUT2D eigenvalue weighted by Gasteiger charge is 2.36. The van der Waals surface area contributed by atoms with E-state index in [1.54, 1.807) is 25.5 Å². The molecule has 1 aromatic heterocycles. The second-order valence-electron chi connectivity index (χ2n) is 9.75. The predicted molar refractivity (Wildman–Crippen MR) is 130 cm³/mol. The lowest BCUT2D eigenvalue weighted by Gasteiger charge is -2.35. The minimum atomic E-state index is -3.10. The fourth-order valence-corrected chi connectivity index (χ4v) is 4.94. The van der Waals surface area contributed by atoms with Gasteiger partial charge in [-0.2, -0.15) is 5.10 Å². The van der Waals surface area contributed by atoms with Crippen molar-refractivity contribution in [2.24, 2.45) is 5.73 Å². The molecule has 3 rings (SSSR count). The van der Waals surface area contributed by atoms with Crippen LogP contribution in [0.1, 0.15) is 62.1 Å². The largest absolute Gasteiger partial charge is 0.444 e. The monoisotopic (exact) mass is 528 g/mol. The van der Waals surface area contributed by atoms with E-state index in [2.05, 4.69) is 5.10 Å². The van der Waals surface area contributed by atoms with E-state index in [-0.39, 0.29) is 41.2 Å². The summed E-state index contributed by atoms with van der Waals surface area (Å²) in [6, 6.07) is 3.64. The summed E-state index contributed by atoms with van der Waals surface area (Å²) in [4.78, 5) is 26.9. The van der Waals surface area contributed by atoms with Gasteiger partial charge in [0.05, 0.1) is 28.9 Å². The van der Waals surface area contributed by atoms with Crippen molar-refractivity contribution in [1.82, 2.24) is 14.7 Å². The third kappa shape index (κ3) is 6.72. The van der Waals surface area contributed by atoms with Gasteiger partial charge in [0.1, 0.15) is 26.9 Å². The maximum Gasteiger partial charge on any atom is 0.410 e. The Morgan fingerprint density at radius 2 is 1.97 bits per heavy atom. The fraction of sp³-hybridized carbons (Fsp3) is 0.522. The molecule has 0 aliphatic carbocycles. The number of sulfone groups is 1. The molecule has 35 heavy (non-hydrogen) atoms. The number of halogens is 2. The zero-order valence-corrected chi connectivity index (χ0v) is 21.7. The number of amides is 2. The molecule has 2 amide bonds. The van der Waals surface area contributed by atoms with E-state index in [0.29, 0.717) is 30.5 Å². The number of unbranched alkanes of at least 4 members (excludes halogenated alkanes) is 1. The Morgan fingerprint density at radius 1 is 1.29 bits per heavy atom. The van der Waals surface area contributed by atoms with E-state index in [1.165, 1.54) is 29.4 Å². The lowest BCUT2D eigenvalue weighted by atomic mass is 10.0. The molecule has 0 spiro atoms. The summed E-state index contributed by atoms with van der Waals surface area (Å²) in [5.74, 6) is -1.31. The van der Waals surface area contributed by atoms with E-state index in [9.17, 15) is 22.4 Å². The Kier molecular flexibility index (Phi) is 7.80. The van der Waals surface area contributed by atoms with Gasteiger partial charge >= 0.3 is 6.09 Å². The van der Waals surface area contributed by atoms with Crippen LogP contribution in [-0.2, 0) is 21.1 Å². The van der Waals surface area contributed by atoms with Crippen LogP contribution in [0.15, 0.2) is 18.2 Å². The number of carbonyl (C=O) groups is 2. The van der Waals surface area contributed by atoms with E-state index >= 15 is 0 Å². The summed E-state index contributed by atoms with van der Waals surface area (Å²) < 4.78 is 44.0. The predicted octanol–water partition coefficient (Wildman–Crippen LogP) is 3.95. The van der Waals surface area contributed by atoms with Crippen LogP contribution in [0, 0.1) is 5.82 Å². The van der Waals surface area contributed by atoms with Gasteiger partial charge < -0.3 is 15.4 Å². The second-order valence-corrected chi connectivity index (χ2v) is 12.4. The maximum atomic E-state index is 13.7. The van der Waals surface area contributed by atoms with Crippen molar-refractivity contribution in [3.05, 3.63) is 40.3 Å². The fourth-order valence-electron chi connectivity index (χ4n) is 4.03. The Morgan fingerprint density at radius 3 is 2.54 bits per heavy atom. The van der Waals surface area contributed by atoms with Crippen molar-refractivity contribution in [3.8, 4) is 11.3 Å². The molecule has 0 saturated heterocycles. The highest BCUT2D eigenvalue weighted by atomic mass is 35.5. The summed E-state index contributed by atoms with van der Waals surface area (Å²) in [7, 11) is -3.10. The number of fused-ring (bicyclic) bond motifs is 1. The van der Waals surface area contributed by atoms with Crippen LogP contribution in [0.3, 0.4) is 0 Å². The van der Waals surface area contributed by atoms with Crippen molar-refractivity contribution in [1.29, 1.82) is 0 Å². The number of hydrogen-bond acceptors (Lipinski definition) is 6. The third-order valence-electron chi connectivity index (χ3n) is 5.52. The summed E-state index contributed by atoms with van der Waals surface area (Å²) >= 11 is 5.95. The molecule has 9 nitrogen and oxygen atoms in total. The molecule has 12 heteroatoms. The number of primary amides is 1. The van der Waals surface area contributed by atoms with E-state index in [4.69, 9.17) is 22.1 Å². The molecule has 2 aromatic rings. The van der Waals surface area contributed by atoms with Gasteiger partial charge in [-0.15, -0.1) is 0 Å². The summed E-state index contributed by atoms with van der Waals surface area (Å²) in [5.41, 5.74) is 6.19. The van der Waals surface area contributed by atoms with Gasteiger partial charge in [-0.3, -0.25) is 9.48 Å². The molecular formula is C23H30ClFN4O5S. The Balaban J connectivity index is 2.02. The van der Waals surface area contributed by atoms with E-state index in [0.717, 1.165) is 0 Å². The summed E-state index contributed by atoms with van der Waals surface area (Å²) in [5, 5.41) is 4.50. The van der Waals surface area contributed by atoms with Gasteiger partial charge in [0.15, 0.2) is 0 Å². The number of nitrogens with zero attached hydrogens (tertiary/aromatic N) is 3. The van der Waals surface area contributed by atoms with E-state index < -0.39 is 33.3 Å². The maximum absolute atomic E-state index is 13.7. The molecule has 192 valence electrons.